The Labute approximate surface area is 120 Å². The molecule has 1 aliphatic rings. The summed E-state index contributed by atoms with van der Waals surface area (Å²) in [6.07, 6.45) is 1.10. The highest BCUT2D eigenvalue weighted by molar-refractivity contribution is 5.69. The van der Waals surface area contributed by atoms with E-state index in [1.807, 2.05) is 37.3 Å². The van der Waals surface area contributed by atoms with Gasteiger partial charge in [-0.3, -0.25) is 9.69 Å². The number of morpholine rings is 1. The van der Waals surface area contributed by atoms with Crippen molar-refractivity contribution in [2.45, 2.75) is 25.9 Å². The van der Waals surface area contributed by atoms with E-state index in [0.717, 1.165) is 44.8 Å². The highest BCUT2D eigenvalue weighted by Gasteiger charge is 2.18. The third kappa shape index (κ3) is 4.62. The van der Waals surface area contributed by atoms with Crippen molar-refractivity contribution in [2.75, 3.05) is 32.8 Å². The minimum Gasteiger partial charge on any atom is -0.457 e. The molecule has 1 heterocycles. The first kappa shape index (κ1) is 15.0. The number of esters is 1. The molecular weight excluding hydrogens is 254 g/mol. The molecule has 0 N–H and O–H groups in total. The van der Waals surface area contributed by atoms with Crippen LogP contribution in [-0.4, -0.2) is 43.7 Å². The largest absolute Gasteiger partial charge is 0.457 e. The van der Waals surface area contributed by atoms with Crippen LogP contribution in [0.2, 0.25) is 0 Å². The third-order valence-corrected chi connectivity index (χ3v) is 3.54. The fraction of sp³-hybridized carbons (Fsp3) is 0.562. The average molecular weight is 277 g/mol. The van der Waals surface area contributed by atoms with Crippen LogP contribution in [0.3, 0.4) is 0 Å². The van der Waals surface area contributed by atoms with E-state index in [4.69, 9.17) is 9.47 Å². The molecular formula is C16H23NO3. The van der Waals surface area contributed by atoms with Gasteiger partial charge in [-0.15, -0.1) is 0 Å². The number of benzene rings is 1. The molecule has 1 aromatic carbocycles. The number of rotatable bonds is 6. The Balaban J connectivity index is 1.93. The van der Waals surface area contributed by atoms with Crippen LogP contribution < -0.4 is 0 Å². The molecule has 0 amide bonds. The van der Waals surface area contributed by atoms with Crippen LogP contribution >= 0.6 is 0 Å². The minimum atomic E-state index is -0.147. The maximum absolute atomic E-state index is 11.6. The molecule has 0 radical (unpaired) electrons. The Morgan fingerprint density at radius 2 is 2.00 bits per heavy atom. The smallest absolute Gasteiger partial charge is 0.306 e. The first-order chi connectivity index (χ1) is 9.79. The summed E-state index contributed by atoms with van der Waals surface area (Å²) in [5.74, 6) is -0.138. The first-order valence-corrected chi connectivity index (χ1v) is 7.34. The van der Waals surface area contributed by atoms with E-state index in [1.54, 1.807) is 0 Å². The predicted octanol–water partition coefficient (Wildman–Crippen LogP) is 2.40. The van der Waals surface area contributed by atoms with Gasteiger partial charge in [-0.25, -0.2) is 0 Å². The zero-order valence-corrected chi connectivity index (χ0v) is 12.1. The molecule has 0 aliphatic carbocycles. The number of hydrogen-bond acceptors (Lipinski definition) is 4. The Morgan fingerprint density at radius 3 is 2.65 bits per heavy atom. The summed E-state index contributed by atoms with van der Waals surface area (Å²) in [5, 5.41) is 0. The van der Waals surface area contributed by atoms with Crippen molar-refractivity contribution in [3.63, 3.8) is 0 Å². The number of ether oxygens (including phenoxy) is 2. The summed E-state index contributed by atoms with van der Waals surface area (Å²) in [7, 11) is 0. The fourth-order valence-corrected chi connectivity index (χ4v) is 2.33. The zero-order valence-electron chi connectivity index (χ0n) is 12.1. The molecule has 1 atom stereocenters. The molecule has 1 saturated heterocycles. The van der Waals surface area contributed by atoms with Gasteiger partial charge in [0.05, 0.1) is 13.2 Å². The van der Waals surface area contributed by atoms with Crippen LogP contribution in [0.1, 0.15) is 31.4 Å². The average Bonchev–Trinajstić information content (AvgIpc) is 2.53. The van der Waals surface area contributed by atoms with Gasteiger partial charge in [-0.2, -0.15) is 0 Å². The molecule has 4 nitrogen and oxygen atoms in total. The van der Waals surface area contributed by atoms with Gasteiger partial charge in [0.1, 0.15) is 6.10 Å². The monoisotopic (exact) mass is 277 g/mol. The van der Waals surface area contributed by atoms with Crippen LogP contribution in [0.25, 0.3) is 0 Å². The maximum Gasteiger partial charge on any atom is 0.306 e. The van der Waals surface area contributed by atoms with Crippen molar-refractivity contribution in [3.05, 3.63) is 35.9 Å². The number of hydrogen-bond donors (Lipinski definition) is 0. The van der Waals surface area contributed by atoms with Crippen molar-refractivity contribution >= 4 is 5.97 Å². The Kier molecular flexibility index (Phi) is 6.02. The highest BCUT2D eigenvalue weighted by Crippen LogP contribution is 2.22. The second-order valence-corrected chi connectivity index (χ2v) is 4.99. The van der Waals surface area contributed by atoms with Gasteiger partial charge in [-0.1, -0.05) is 37.3 Å². The van der Waals surface area contributed by atoms with E-state index < -0.39 is 0 Å². The molecule has 110 valence electrons. The molecule has 0 aromatic heterocycles. The molecule has 1 fully saturated rings. The van der Waals surface area contributed by atoms with E-state index >= 15 is 0 Å². The number of nitrogens with zero attached hydrogens (tertiary/aromatic N) is 1. The van der Waals surface area contributed by atoms with Crippen LogP contribution in [0.4, 0.5) is 0 Å². The zero-order chi connectivity index (χ0) is 14.2. The van der Waals surface area contributed by atoms with Gasteiger partial charge >= 0.3 is 5.97 Å². The first-order valence-electron chi connectivity index (χ1n) is 7.34. The summed E-state index contributed by atoms with van der Waals surface area (Å²) in [6, 6.07) is 9.98. The predicted molar refractivity (Wildman–Crippen MR) is 77.4 cm³/mol. The Hall–Kier alpha value is -1.39. The van der Waals surface area contributed by atoms with Crippen molar-refractivity contribution in [3.8, 4) is 0 Å². The third-order valence-electron chi connectivity index (χ3n) is 3.54. The van der Waals surface area contributed by atoms with E-state index in [-0.39, 0.29) is 12.1 Å². The van der Waals surface area contributed by atoms with Gasteiger partial charge in [0, 0.05) is 32.5 Å². The van der Waals surface area contributed by atoms with Gasteiger partial charge in [0.25, 0.3) is 0 Å². The number of carbonyl (C=O) groups excluding carboxylic acids is 1. The Bertz CT molecular complexity index is 401. The summed E-state index contributed by atoms with van der Waals surface area (Å²) in [6.45, 7) is 6.27. The number of carbonyl (C=O) groups is 1. The molecule has 0 spiro atoms. The minimum absolute atomic E-state index is 0.138. The lowest BCUT2D eigenvalue weighted by Crippen LogP contribution is -2.37. The summed E-state index contributed by atoms with van der Waals surface area (Å²) < 4.78 is 10.9. The van der Waals surface area contributed by atoms with Crippen LogP contribution in [0, 0.1) is 0 Å². The summed E-state index contributed by atoms with van der Waals surface area (Å²) in [4.78, 5) is 14.0. The molecule has 1 aliphatic heterocycles. The summed E-state index contributed by atoms with van der Waals surface area (Å²) in [5.41, 5.74) is 1.07. The van der Waals surface area contributed by atoms with E-state index in [1.165, 1.54) is 0 Å². The topological polar surface area (TPSA) is 38.8 Å². The van der Waals surface area contributed by atoms with Crippen LogP contribution in [0.15, 0.2) is 30.3 Å². The van der Waals surface area contributed by atoms with E-state index in [0.29, 0.717) is 6.42 Å². The molecule has 20 heavy (non-hydrogen) atoms. The molecule has 0 saturated carbocycles. The lowest BCUT2D eigenvalue weighted by Gasteiger charge is -2.28. The SMILES string of the molecule is CCC(=O)O[C@@H](CCN1CCOCC1)c1ccccc1. The van der Waals surface area contributed by atoms with Crippen LogP contribution in [0.5, 0.6) is 0 Å². The van der Waals surface area contributed by atoms with Crippen molar-refractivity contribution in [1.82, 2.24) is 4.90 Å². The van der Waals surface area contributed by atoms with Gasteiger partial charge in [0.2, 0.25) is 0 Å². The summed E-state index contributed by atoms with van der Waals surface area (Å²) >= 11 is 0. The quantitative estimate of drug-likeness (QED) is 0.749. The lowest BCUT2D eigenvalue weighted by atomic mass is 10.1. The van der Waals surface area contributed by atoms with Crippen molar-refractivity contribution in [1.29, 1.82) is 0 Å². The fourth-order valence-electron chi connectivity index (χ4n) is 2.33. The lowest BCUT2D eigenvalue weighted by molar-refractivity contribution is -0.149. The maximum atomic E-state index is 11.6. The second kappa shape index (κ2) is 8.02. The Morgan fingerprint density at radius 1 is 1.30 bits per heavy atom. The van der Waals surface area contributed by atoms with Crippen molar-refractivity contribution in [2.24, 2.45) is 0 Å². The molecule has 0 bridgehead atoms. The van der Waals surface area contributed by atoms with Gasteiger partial charge < -0.3 is 9.47 Å². The highest BCUT2D eigenvalue weighted by atomic mass is 16.5. The van der Waals surface area contributed by atoms with Gasteiger partial charge in [-0.05, 0) is 5.56 Å². The second-order valence-electron chi connectivity index (χ2n) is 4.99. The standard InChI is InChI=1S/C16H23NO3/c1-2-16(18)20-15(14-6-4-3-5-7-14)8-9-17-10-12-19-13-11-17/h3-7,15H,2,8-13H2,1H3/t15-/m0/s1. The van der Waals surface area contributed by atoms with Crippen molar-refractivity contribution < 1.29 is 14.3 Å². The molecule has 4 heteroatoms. The normalized spacial score (nSPS) is 17.6. The molecule has 0 unspecified atom stereocenters. The van der Waals surface area contributed by atoms with E-state index in [2.05, 4.69) is 4.90 Å². The van der Waals surface area contributed by atoms with Crippen LogP contribution in [-0.2, 0) is 14.3 Å². The molecule has 1 aromatic rings. The van der Waals surface area contributed by atoms with Gasteiger partial charge in [0.15, 0.2) is 0 Å². The van der Waals surface area contributed by atoms with E-state index in [9.17, 15) is 4.79 Å². The molecule has 2 rings (SSSR count).